The molecule has 0 aliphatic rings. The molecule has 0 fully saturated rings. The fourth-order valence-corrected chi connectivity index (χ4v) is 3.98. The topological polar surface area (TPSA) is 60.6 Å². The van der Waals surface area contributed by atoms with Crippen LogP contribution in [0.25, 0.3) is 28.1 Å². The number of aromatic nitrogens is 5. The largest absolute Gasteiger partial charge is 0.338 e. The van der Waals surface area contributed by atoms with Crippen LogP contribution in [0.3, 0.4) is 0 Å². The molecule has 6 nitrogen and oxygen atoms in total. The van der Waals surface area contributed by atoms with Gasteiger partial charge < -0.3 is 14.5 Å². The number of hydrogen-bond donors (Lipinski definition) is 1. The van der Waals surface area contributed by atoms with Crippen LogP contribution in [0.1, 0.15) is 11.4 Å². The maximum absolute atomic E-state index is 14.8. The molecule has 3 aromatic heterocycles. The van der Waals surface area contributed by atoms with Crippen LogP contribution in [0.4, 0.5) is 15.9 Å². The van der Waals surface area contributed by atoms with Crippen molar-refractivity contribution in [1.82, 2.24) is 24.1 Å². The minimum atomic E-state index is -0.367. The van der Waals surface area contributed by atoms with Gasteiger partial charge in [0.05, 0.1) is 28.2 Å². The molecule has 0 unspecified atom stereocenters. The van der Waals surface area contributed by atoms with Crippen molar-refractivity contribution in [2.24, 2.45) is 7.05 Å². The number of aryl methyl sites for hydroxylation is 3. The Labute approximate surface area is 189 Å². The van der Waals surface area contributed by atoms with E-state index in [9.17, 15) is 4.39 Å². The molecule has 0 saturated heterocycles. The summed E-state index contributed by atoms with van der Waals surface area (Å²) in [6, 6.07) is 14.5. The van der Waals surface area contributed by atoms with E-state index >= 15 is 0 Å². The van der Waals surface area contributed by atoms with Gasteiger partial charge in [0, 0.05) is 30.2 Å². The second-order valence-corrected chi connectivity index (χ2v) is 8.07. The summed E-state index contributed by atoms with van der Waals surface area (Å²) in [4.78, 5) is 13.6. The van der Waals surface area contributed by atoms with Crippen LogP contribution in [0.5, 0.6) is 0 Å². The van der Waals surface area contributed by atoms with Crippen molar-refractivity contribution in [3.8, 4) is 17.1 Å². The zero-order chi connectivity index (χ0) is 22.4. The Morgan fingerprint density at radius 2 is 1.81 bits per heavy atom. The number of nitrogens with one attached hydrogen (secondary N) is 1. The lowest BCUT2D eigenvalue weighted by atomic mass is 10.2. The highest BCUT2D eigenvalue weighted by Gasteiger charge is 2.17. The Balaban J connectivity index is 1.57. The van der Waals surface area contributed by atoms with E-state index in [0.717, 1.165) is 28.3 Å². The highest BCUT2D eigenvalue weighted by atomic mass is 35.5. The van der Waals surface area contributed by atoms with Gasteiger partial charge in [-0.2, -0.15) is 0 Å². The second-order valence-electron chi connectivity index (χ2n) is 7.67. The average Bonchev–Trinajstić information content (AvgIpc) is 3.32. The third-order valence-electron chi connectivity index (χ3n) is 5.31. The van der Waals surface area contributed by atoms with Crippen LogP contribution >= 0.6 is 11.6 Å². The molecule has 0 bridgehead atoms. The number of hydrogen-bond acceptors (Lipinski definition) is 4. The molecule has 32 heavy (non-hydrogen) atoms. The molecule has 5 aromatic rings. The maximum Gasteiger partial charge on any atom is 0.158 e. The Bertz CT molecular complexity index is 1470. The number of anilines is 2. The summed E-state index contributed by atoms with van der Waals surface area (Å²) in [5.41, 5.74) is 5.07. The third-order valence-corrected chi connectivity index (χ3v) is 5.64. The summed E-state index contributed by atoms with van der Waals surface area (Å²) < 4.78 is 18.5. The molecule has 0 aliphatic heterocycles. The molecule has 0 atom stereocenters. The van der Waals surface area contributed by atoms with E-state index in [4.69, 9.17) is 16.6 Å². The minimum absolute atomic E-state index is 0.367. The standard InChI is InChI=1S/C24H20ClFN6/c1-14-10-21-22(30-24(31(21)3)17-6-4-5-7-18(17)25)23(28-14)29-16-8-9-20(19(26)11-16)32-12-15(2)27-13-32/h4-13H,1-3H3,(H,28,29). The molecule has 0 saturated carbocycles. The molecule has 8 heteroatoms. The fraction of sp³-hybridized carbons (Fsp3) is 0.125. The monoisotopic (exact) mass is 446 g/mol. The van der Waals surface area contributed by atoms with Crippen molar-refractivity contribution in [2.45, 2.75) is 13.8 Å². The van der Waals surface area contributed by atoms with Gasteiger partial charge in [-0.25, -0.2) is 19.3 Å². The summed E-state index contributed by atoms with van der Waals surface area (Å²) in [5.74, 6) is 0.923. The fourth-order valence-electron chi connectivity index (χ4n) is 3.76. The number of benzene rings is 2. The van der Waals surface area contributed by atoms with Crippen molar-refractivity contribution >= 4 is 34.1 Å². The SMILES string of the molecule is Cc1cn(-c2ccc(Nc3nc(C)cc4c3nc(-c3ccccc3Cl)n4C)cc2F)cn1. The first-order valence-electron chi connectivity index (χ1n) is 10.1. The van der Waals surface area contributed by atoms with E-state index in [1.54, 1.807) is 23.2 Å². The van der Waals surface area contributed by atoms with Gasteiger partial charge in [-0.1, -0.05) is 23.7 Å². The molecular weight excluding hydrogens is 427 g/mol. The van der Waals surface area contributed by atoms with Gasteiger partial charge in [-0.15, -0.1) is 0 Å². The lowest BCUT2D eigenvalue weighted by Gasteiger charge is -2.10. The number of nitrogens with zero attached hydrogens (tertiary/aromatic N) is 5. The maximum atomic E-state index is 14.8. The van der Waals surface area contributed by atoms with Crippen LogP contribution in [-0.4, -0.2) is 24.1 Å². The van der Waals surface area contributed by atoms with E-state index in [1.165, 1.54) is 6.07 Å². The van der Waals surface area contributed by atoms with Crippen LogP contribution in [0.2, 0.25) is 5.02 Å². The number of imidazole rings is 2. The van der Waals surface area contributed by atoms with Gasteiger partial charge >= 0.3 is 0 Å². The average molecular weight is 447 g/mol. The smallest absolute Gasteiger partial charge is 0.158 e. The van der Waals surface area contributed by atoms with E-state index < -0.39 is 0 Å². The molecule has 0 radical (unpaired) electrons. The lowest BCUT2D eigenvalue weighted by molar-refractivity contribution is 0.618. The van der Waals surface area contributed by atoms with Crippen molar-refractivity contribution < 1.29 is 4.39 Å². The summed E-state index contributed by atoms with van der Waals surface area (Å²) in [6.07, 6.45) is 3.37. The first kappa shape index (κ1) is 20.2. The molecule has 0 amide bonds. The first-order chi connectivity index (χ1) is 15.4. The zero-order valence-corrected chi connectivity index (χ0v) is 18.5. The zero-order valence-electron chi connectivity index (χ0n) is 17.8. The predicted octanol–water partition coefficient (Wildman–Crippen LogP) is 5.97. The lowest BCUT2D eigenvalue weighted by Crippen LogP contribution is -2.00. The quantitative estimate of drug-likeness (QED) is 0.369. The van der Waals surface area contributed by atoms with Gasteiger partial charge in [-0.3, -0.25) is 0 Å². The molecule has 0 aliphatic carbocycles. The second kappa shape index (κ2) is 7.76. The van der Waals surface area contributed by atoms with Crippen LogP contribution in [0.15, 0.2) is 61.1 Å². The van der Waals surface area contributed by atoms with Gasteiger partial charge in [0.15, 0.2) is 5.82 Å². The Morgan fingerprint density at radius 3 is 2.53 bits per heavy atom. The number of halogens is 2. The molecular formula is C24H20ClFN6. The van der Waals surface area contributed by atoms with Crippen molar-refractivity contribution in [3.05, 3.63) is 83.3 Å². The van der Waals surface area contributed by atoms with Gasteiger partial charge in [0.25, 0.3) is 0 Å². The Hall–Kier alpha value is -3.71. The predicted molar refractivity (Wildman–Crippen MR) is 125 cm³/mol. The highest BCUT2D eigenvalue weighted by molar-refractivity contribution is 6.33. The summed E-state index contributed by atoms with van der Waals surface area (Å²) >= 11 is 6.41. The van der Waals surface area contributed by atoms with E-state index in [0.29, 0.717) is 27.7 Å². The normalized spacial score (nSPS) is 11.3. The molecule has 3 heterocycles. The number of rotatable bonds is 4. The van der Waals surface area contributed by atoms with Gasteiger partial charge in [0.1, 0.15) is 17.2 Å². The van der Waals surface area contributed by atoms with Crippen LogP contribution in [-0.2, 0) is 7.05 Å². The Morgan fingerprint density at radius 1 is 1.00 bits per heavy atom. The van der Waals surface area contributed by atoms with Gasteiger partial charge in [-0.05, 0) is 50.2 Å². The van der Waals surface area contributed by atoms with Crippen molar-refractivity contribution in [2.75, 3.05) is 5.32 Å². The highest BCUT2D eigenvalue weighted by Crippen LogP contribution is 2.33. The van der Waals surface area contributed by atoms with Crippen molar-refractivity contribution in [3.63, 3.8) is 0 Å². The summed E-state index contributed by atoms with van der Waals surface area (Å²) in [7, 11) is 1.94. The minimum Gasteiger partial charge on any atom is -0.338 e. The van der Waals surface area contributed by atoms with Crippen molar-refractivity contribution in [1.29, 1.82) is 0 Å². The Kier molecular flexibility index (Phi) is 4.90. The van der Waals surface area contributed by atoms with E-state index in [1.807, 2.05) is 61.9 Å². The molecule has 0 spiro atoms. The molecule has 160 valence electrons. The summed E-state index contributed by atoms with van der Waals surface area (Å²) in [6.45, 7) is 3.78. The number of fused-ring (bicyclic) bond motifs is 1. The van der Waals surface area contributed by atoms with E-state index in [-0.39, 0.29) is 5.82 Å². The molecule has 2 aromatic carbocycles. The first-order valence-corrected chi connectivity index (χ1v) is 10.4. The third kappa shape index (κ3) is 3.50. The number of pyridine rings is 1. The van der Waals surface area contributed by atoms with Gasteiger partial charge in [0.2, 0.25) is 0 Å². The van der Waals surface area contributed by atoms with Crippen LogP contribution in [0, 0.1) is 19.7 Å². The van der Waals surface area contributed by atoms with Crippen LogP contribution < -0.4 is 5.32 Å². The van der Waals surface area contributed by atoms with E-state index in [2.05, 4.69) is 15.3 Å². The molecule has 1 N–H and O–H groups in total. The summed E-state index contributed by atoms with van der Waals surface area (Å²) in [5, 5.41) is 3.86. The molecule has 5 rings (SSSR count).